The molecule has 2 rings (SSSR count). The molecule has 7 heteroatoms. The molecule has 92 valence electrons. The molecule has 0 fully saturated rings. The van der Waals surface area contributed by atoms with Crippen LogP contribution in [-0.4, -0.2) is 15.9 Å². The highest BCUT2D eigenvalue weighted by Gasteiger charge is 2.14. The first-order chi connectivity index (χ1) is 8.58. The summed E-state index contributed by atoms with van der Waals surface area (Å²) in [6.45, 7) is 0. The van der Waals surface area contributed by atoms with Gasteiger partial charge in [0.15, 0.2) is 0 Å². The molecule has 0 spiro atoms. The van der Waals surface area contributed by atoms with Crippen molar-refractivity contribution in [1.29, 1.82) is 0 Å². The first kappa shape index (κ1) is 12.9. The minimum absolute atomic E-state index is 0.0348. The van der Waals surface area contributed by atoms with Gasteiger partial charge in [-0.2, -0.15) is 0 Å². The fourth-order valence-electron chi connectivity index (χ4n) is 1.25. The molecule has 18 heavy (non-hydrogen) atoms. The van der Waals surface area contributed by atoms with E-state index in [0.717, 1.165) is 12.3 Å². The van der Waals surface area contributed by atoms with E-state index in [2.05, 4.69) is 31.2 Å². The molecule has 0 atom stereocenters. The van der Waals surface area contributed by atoms with Crippen molar-refractivity contribution >= 4 is 39.1 Å². The van der Waals surface area contributed by atoms with Crippen molar-refractivity contribution in [3.8, 4) is 0 Å². The minimum Gasteiger partial charge on any atom is -0.320 e. The first-order valence-electron chi connectivity index (χ1n) is 4.81. The molecule has 2 aromatic heterocycles. The van der Waals surface area contributed by atoms with E-state index in [-0.39, 0.29) is 10.7 Å². The summed E-state index contributed by atoms with van der Waals surface area (Å²) in [6, 6.07) is 4.33. The molecule has 0 aliphatic rings. The third-order valence-corrected chi connectivity index (χ3v) is 2.99. The van der Waals surface area contributed by atoms with Gasteiger partial charge in [-0.3, -0.25) is 4.79 Å². The van der Waals surface area contributed by atoms with Crippen LogP contribution in [0.5, 0.6) is 0 Å². The van der Waals surface area contributed by atoms with Crippen LogP contribution in [-0.2, 0) is 0 Å². The minimum atomic E-state index is -0.630. The average molecular weight is 331 g/mol. The summed E-state index contributed by atoms with van der Waals surface area (Å²) in [6.07, 6.45) is 2.51. The van der Waals surface area contributed by atoms with Crippen molar-refractivity contribution in [2.24, 2.45) is 0 Å². The second kappa shape index (κ2) is 5.41. The van der Waals surface area contributed by atoms with E-state index >= 15 is 0 Å². The van der Waals surface area contributed by atoms with Crippen molar-refractivity contribution < 1.29 is 9.18 Å². The van der Waals surface area contributed by atoms with Crippen molar-refractivity contribution in [2.75, 3.05) is 5.32 Å². The fourth-order valence-corrected chi connectivity index (χ4v) is 1.79. The third-order valence-electron chi connectivity index (χ3n) is 2.06. The number of hydrogen-bond donors (Lipinski definition) is 1. The molecule has 0 saturated heterocycles. The highest BCUT2D eigenvalue weighted by Crippen LogP contribution is 2.21. The number of aromatic nitrogens is 2. The first-order valence-corrected chi connectivity index (χ1v) is 5.98. The Bertz CT molecular complexity index is 609. The summed E-state index contributed by atoms with van der Waals surface area (Å²) in [7, 11) is 0. The zero-order valence-electron chi connectivity index (χ0n) is 8.82. The predicted octanol–water partition coefficient (Wildman–Crippen LogP) is 3.28. The summed E-state index contributed by atoms with van der Waals surface area (Å²) in [5, 5.41) is 2.49. The van der Waals surface area contributed by atoms with E-state index in [0.29, 0.717) is 10.3 Å². The molecule has 2 aromatic rings. The normalized spacial score (nSPS) is 10.2. The SMILES string of the molecule is O=C(Nc1cccnc1Br)c1cc(F)cnc1Cl. The van der Waals surface area contributed by atoms with Gasteiger partial charge in [0.1, 0.15) is 15.6 Å². The zero-order valence-corrected chi connectivity index (χ0v) is 11.2. The monoisotopic (exact) mass is 329 g/mol. The van der Waals surface area contributed by atoms with E-state index in [4.69, 9.17) is 11.6 Å². The molecule has 4 nitrogen and oxygen atoms in total. The molecule has 0 aliphatic heterocycles. The van der Waals surface area contributed by atoms with E-state index in [1.807, 2.05) is 0 Å². The lowest BCUT2D eigenvalue weighted by atomic mass is 10.2. The van der Waals surface area contributed by atoms with E-state index in [9.17, 15) is 9.18 Å². The summed E-state index contributed by atoms with van der Waals surface area (Å²) in [5.74, 6) is -1.18. The number of halogens is 3. The topological polar surface area (TPSA) is 54.9 Å². The standard InChI is InChI=1S/C11H6BrClFN3O/c12-9-8(2-1-3-15-9)17-11(18)7-4-6(14)5-16-10(7)13/h1-5H,(H,17,18). The molecule has 1 N–H and O–H groups in total. The van der Waals surface area contributed by atoms with Gasteiger partial charge in [0, 0.05) is 6.20 Å². The maximum Gasteiger partial charge on any atom is 0.258 e. The molecule has 2 heterocycles. The second-order valence-corrected chi connectivity index (χ2v) is 4.40. The quantitative estimate of drug-likeness (QED) is 0.860. The number of rotatable bonds is 2. The van der Waals surface area contributed by atoms with Gasteiger partial charge < -0.3 is 5.32 Å². The van der Waals surface area contributed by atoms with Gasteiger partial charge >= 0.3 is 0 Å². The molecule has 0 aliphatic carbocycles. The van der Waals surface area contributed by atoms with E-state index < -0.39 is 11.7 Å². The Labute approximate surface area is 115 Å². The lowest BCUT2D eigenvalue weighted by Crippen LogP contribution is -2.14. The van der Waals surface area contributed by atoms with Gasteiger partial charge in [-0.15, -0.1) is 0 Å². The van der Waals surface area contributed by atoms with Crippen LogP contribution in [0.4, 0.5) is 10.1 Å². The van der Waals surface area contributed by atoms with Crippen LogP contribution in [0.3, 0.4) is 0 Å². The predicted molar refractivity (Wildman–Crippen MR) is 69.1 cm³/mol. The maximum atomic E-state index is 13.0. The Balaban J connectivity index is 2.28. The van der Waals surface area contributed by atoms with Gasteiger partial charge in [-0.25, -0.2) is 14.4 Å². The molecular weight excluding hydrogens is 324 g/mol. The van der Waals surface area contributed by atoms with Gasteiger partial charge in [-0.05, 0) is 34.1 Å². The average Bonchev–Trinajstić information content (AvgIpc) is 2.35. The zero-order chi connectivity index (χ0) is 13.1. The van der Waals surface area contributed by atoms with E-state index in [1.165, 1.54) is 0 Å². The largest absolute Gasteiger partial charge is 0.320 e. The summed E-state index contributed by atoms with van der Waals surface area (Å²) in [4.78, 5) is 19.4. The van der Waals surface area contributed by atoms with Crippen LogP contribution in [0.25, 0.3) is 0 Å². The van der Waals surface area contributed by atoms with Crippen LogP contribution < -0.4 is 5.32 Å². The van der Waals surface area contributed by atoms with Crippen LogP contribution >= 0.6 is 27.5 Å². The van der Waals surface area contributed by atoms with Crippen molar-refractivity contribution in [1.82, 2.24) is 9.97 Å². The molecule has 1 amide bonds. The third kappa shape index (κ3) is 2.83. The number of carbonyl (C=O) groups excluding carboxylic acids is 1. The number of anilines is 1. The molecule has 0 radical (unpaired) electrons. The highest BCUT2D eigenvalue weighted by molar-refractivity contribution is 9.10. The number of nitrogens with zero attached hydrogens (tertiary/aromatic N) is 2. The van der Waals surface area contributed by atoms with Crippen molar-refractivity contribution in [3.05, 3.63) is 51.7 Å². The van der Waals surface area contributed by atoms with Crippen LogP contribution in [0.2, 0.25) is 5.15 Å². The molecule has 0 aromatic carbocycles. The summed E-state index contributed by atoms with van der Waals surface area (Å²) in [5.41, 5.74) is 0.426. The second-order valence-electron chi connectivity index (χ2n) is 3.29. The van der Waals surface area contributed by atoms with Gasteiger partial charge in [0.25, 0.3) is 5.91 Å². The maximum absolute atomic E-state index is 13.0. The molecule has 0 saturated carbocycles. The number of hydrogen-bond acceptors (Lipinski definition) is 3. The Hall–Kier alpha value is -1.53. The number of carbonyl (C=O) groups is 1. The van der Waals surface area contributed by atoms with Gasteiger partial charge in [0.2, 0.25) is 0 Å². The molecule has 0 bridgehead atoms. The Morgan fingerprint density at radius 1 is 1.44 bits per heavy atom. The number of pyridine rings is 2. The Morgan fingerprint density at radius 2 is 2.22 bits per heavy atom. The van der Waals surface area contributed by atoms with Crippen LogP contribution in [0.1, 0.15) is 10.4 Å². The lowest BCUT2D eigenvalue weighted by Gasteiger charge is -2.07. The Kier molecular flexibility index (Phi) is 3.88. The fraction of sp³-hybridized carbons (Fsp3) is 0. The molecular formula is C11H6BrClFN3O. The van der Waals surface area contributed by atoms with Crippen LogP contribution in [0.15, 0.2) is 35.2 Å². The van der Waals surface area contributed by atoms with Gasteiger partial charge in [0.05, 0.1) is 17.4 Å². The lowest BCUT2D eigenvalue weighted by molar-refractivity contribution is 0.102. The Morgan fingerprint density at radius 3 is 2.94 bits per heavy atom. The smallest absolute Gasteiger partial charge is 0.258 e. The van der Waals surface area contributed by atoms with E-state index in [1.54, 1.807) is 18.3 Å². The number of amides is 1. The van der Waals surface area contributed by atoms with Crippen LogP contribution in [0, 0.1) is 5.82 Å². The van der Waals surface area contributed by atoms with Crippen molar-refractivity contribution in [2.45, 2.75) is 0 Å². The van der Waals surface area contributed by atoms with Crippen molar-refractivity contribution in [3.63, 3.8) is 0 Å². The summed E-state index contributed by atoms with van der Waals surface area (Å²) < 4.78 is 13.5. The highest BCUT2D eigenvalue weighted by atomic mass is 79.9. The number of nitrogens with one attached hydrogen (secondary N) is 1. The summed E-state index contributed by atoms with van der Waals surface area (Å²) >= 11 is 8.91. The van der Waals surface area contributed by atoms with Gasteiger partial charge in [-0.1, -0.05) is 11.6 Å². The molecule has 0 unspecified atom stereocenters.